The number of likely N-dealkylation sites (N-methyl/N-ethyl adjacent to an activating group) is 1. The van der Waals surface area contributed by atoms with Crippen LogP contribution in [-0.4, -0.2) is 65.3 Å². The Labute approximate surface area is 153 Å². The number of anilines is 2. The van der Waals surface area contributed by atoms with Crippen LogP contribution < -0.4 is 5.32 Å². The smallest absolute Gasteiger partial charge is 0.189 e. The normalized spacial score (nSPS) is 15.7. The molecule has 2 aromatic rings. The van der Waals surface area contributed by atoms with Crippen LogP contribution in [0.15, 0.2) is 41.7 Å². The number of aromatic nitrogens is 2. The van der Waals surface area contributed by atoms with Crippen LogP contribution >= 0.6 is 11.8 Å². The molecule has 1 saturated heterocycles. The largest absolute Gasteiger partial charge is 0.340 e. The Morgan fingerprint density at radius 2 is 2.08 bits per heavy atom. The highest BCUT2D eigenvalue weighted by Crippen LogP contribution is 2.19. The maximum absolute atomic E-state index is 5.45. The van der Waals surface area contributed by atoms with Crippen molar-refractivity contribution in [1.29, 1.82) is 0 Å². The lowest BCUT2D eigenvalue weighted by Gasteiger charge is -2.32. The number of thioether (sulfide) groups is 1. The Kier molecular flexibility index (Phi) is 6.29. The van der Waals surface area contributed by atoms with Gasteiger partial charge in [0.15, 0.2) is 5.16 Å². The fourth-order valence-electron chi connectivity index (χ4n) is 2.65. The van der Waals surface area contributed by atoms with Gasteiger partial charge in [0.05, 0.1) is 0 Å². The van der Waals surface area contributed by atoms with Crippen LogP contribution in [0.1, 0.15) is 5.56 Å². The van der Waals surface area contributed by atoms with E-state index in [4.69, 9.17) is 6.42 Å². The Morgan fingerprint density at radius 3 is 2.88 bits per heavy atom. The summed E-state index contributed by atoms with van der Waals surface area (Å²) in [6.45, 7) is 5.66. The molecule has 0 atom stereocenters. The third-order valence-electron chi connectivity index (χ3n) is 4.17. The number of terminal acetylenes is 1. The first kappa shape index (κ1) is 17.7. The van der Waals surface area contributed by atoms with Crippen molar-refractivity contribution in [3.63, 3.8) is 0 Å². The second-order valence-corrected chi connectivity index (χ2v) is 7.13. The molecule has 0 radical (unpaired) electrons. The Morgan fingerprint density at radius 1 is 1.24 bits per heavy atom. The van der Waals surface area contributed by atoms with Crippen LogP contribution in [0, 0.1) is 12.3 Å². The van der Waals surface area contributed by atoms with Gasteiger partial charge in [0, 0.05) is 55.9 Å². The van der Waals surface area contributed by atoms with Crippen molar-refractivity contribution in [2.24, 2.45) is 0 Å². The topological polar surface area (TPSA) is 44.3 Å². The number of hydrogen-bond acceptors (Lipinski definition) is 6. The molecule has 0 saturated carbocycles. The van der Waals surface area contributed by atoms with Gasteiger partial charge < -0.3 is 10.2 Å². The van der Waals surface area contributed by atoms with Crippen molar-refractivity contribution in [1.82, 2.24) is 19.8 Å². The van der Waals surface area contributed by atoms with Crippen molar-refractivity contribution >= 4 is 23.3 Å². The monoisotopic (exact) mass is 353 g/mol. The summed E-state index contributed by atoms with van der Waals surface area (Å²) in [5, 5.41) is 4.09. The lowest BCUT2D eigenvalue weighted by molar-refractivity contribution is 0.161. The molecular formula is C19H23N5S. The minimum atomic E-state index is 0.784. The SMILES string of the molecule is C#Cc1cccc(Nc2ccnc(SCCN3CCN(C)CC3)n2)c1. The van der Waals surface area contributed by atoms with Gasteiger partial charge in [0.1, 0.15) is 5.82 Å². The van der Waals surface area contributed by atoms with Crippen molar-refractivity contribution < 1.29 is 0 Å². The maximum atomic E-state index is 5.45. The van der Waals surface area contributed by atoms with E-state index in [1.54, 1.807) is 18.0 Å². The summed E-state index contributed by atoms with van der Waals surface area (Å²) < 4.78 is 0. The molecular weight excluding hydrogens is 330 g/mol. The maximum Gasteiger partial charge on any atom is 0.189 e. The fourth-order valence-corrected chi connectivity index (χ4v) is 3.48. The average molecular weight is 353 g/mol. The number of rotatable bonds is 6. The van der Waals surface area contributed by atoms with Crippen molar-refractivity contribution in [2.75, 3.05) is 50.8 Å². The standard InChI is InChI=1S/C19H23N5S/c1-3-16-5-4-6-17(15-16)21-18-7-8-20-19(22-18)25-14-13-24-11-9-23(2)10-12-24/h1,4-8,15H,9-14H2,2H3,(H,20,21,22). The van der Waals surface area contributed by atoms with E-state index in [0.717, 1.165) is 60.7 Å². The number of nitrogens with zero attached hydrogens (tertiary/aromatic N) is 4. The molecule has 2 heterocycles. The van der Waals surface area contributed by atoms with E-state index in [1.807, 2.05) is 30.3 Å². The van der Waals surface area contributed by atoms with Crippen LogP contribution in [0.25, 0.3) is 0 Å². The molecule has 6 heteroatoms. The first-order valence-electron chi connectivity index (χ1n) is 8.43. The van der Waals surface area contributed by atoms with Gasteiger partial charge >= 0.3 is 0 Å². The molecule has 0 aliphatic carbocycles. The zero-order valence-corrected chi connectivity index (χ0v) is 15.3. The van der Waals surface area contributed by atoms with Gasteiger partial charge in [0.25, 0.3) is 0 Å². The molecule has 1 aromatic carbocycles. The summed E-state index contributed by atoms with van der Waals surface area (Å²) in [5.41, 5.74) is 1.78. The molecule has 1 aliphatic rings. The van der Waals surface area contributed by atoms with E-state index in [1.165, 1.54) is 0 Å². The molecule has 1 fully saturated rings. The van der Waals surface area contributed by atoms with Gasteiger partial charge in [-0.3, -0.25) is 4.90 Å². The van der Waals surface area contributed by atoms with Crippen molar-refractivity contribution in [3.05, 3.63) is 42.1 Å². The number of benzene rings is 1. The van der Waals surface area contributed by atoms with E-state index in [2.05, 4.69) is 38.1 Å². The van der Waals surface area contributed by atoms with E-state index < -0.39 is 0 Å². The second kappa shape index (κ2) is 8.86. The van der Waals surface area contributed by atoms with Gasteiger partial charge in [0.2, 0.25) is 0 Å². The highest BCUT2D eigenvalue weighted by molar-refractivity contribution is 7.99. The van der Waals surface area contributed by atoms with Gasteiger partial charge in [-0.05, 0) is 31.3 Å². The first-order chi connectivity index (χ1) is 12.2. The number of hydrogen-bond donors (Lipinski definition) is 1. The van der Waals surface area contributed by atoms with Gasteiger partial charge in [-0.2, -0.15) is 0 Å². The Hall–Kier alpha value is -2.07. The molecule has 0 bridgehead atoms. The number of piperazine rings is 1. The van der Waals surface area contributed by atoms with E-state index in [9.17, 15) is 0 Å². The highest BCUT2D eigenvalue weighted by atomic mass is 32.2. The van der Waals surface area contributed by atoms with Crippen LogP contribution in [0.3, 0.4) is 0 Å². The summed E-state index contributed by atoms with van der Waals surface area (Å²) in [7, 11) is 2.18. The molecule has 5 nitrogen and oxygen atoms in total. The Bertz CT molecular complexity index is 735. The van der Waals surface area contributed by atoms with Crippen LogP contribution in [-0.2, 0) is 0 Å². The van der Waals surface area contributed by atoms with E-state index in [-0.39, 0.29) is 0 Å². The summed E-state index contributed by atoms with van der Waals surface area (Å²) in [6.07, 6.45) is 7.24. The molecule has 25 heavy (non-hydrogen) atoms. The molecule has 1 aromatic heterocycles. The molecule has 3 rings (SSSR count). The minimum Gasteiger partial charge on any atom is -0.340 e. The summed E-state index contributed by atoms with van der Waals surface area (Å²) in [4.78, 5) is 13.8. The van der Waals surface area contributed by atoms with E-state index >= 15 is 0 Å². The lowest BCUT2D eigenvalue weighted by atomic mass is 10.2. The molecule has 1 aliphatic heterocycles. The zero-order chi connectivity index (χ0) is 17.5. The van der Waals surface area contributed by atoms with Crippen LogP contribution in [0.2, 0.25) is 0 Å². The fraction of sp³-hybridized carbons (Fsp3) is 0.368. The van der Waals surface area contributed by atoms with Crippen LogP contribution in [0.5, 0.6) is 0 Å². The molecule has 130 valence electrons. The predicted octanol–water partition coefficient (Wildman–Crippen LogP) is 2.54. The highest BCUT2D eigenvalue weighted by Gasteiger charge is 2.13. The Balaban J connectivity index is 1.52. The third kappa shape index (κ3) is 5.46. The minimum absolute atomic E-state index is 0.784. The van der Waals surface area contributed by atoms with Crippen molar-refractivity contribution in [3.8, 4) is 12.3 Å². The molecule has 0 unspecified atom stereocenters. The molecule has 1 N–H and O–H groups in total. The van der Waals surface area contributed by atoms with E-state index in [0.29, 0.717) is 0 Å². The third-order valence-corrected chi connectivity index (χ3v) is 5.01. The van der Waals surface area contributed by atoms with Gasteiger partial charge in [-0.15, -0.1) is 6.42 Å². The first-order valence-corrected chi connectivity index (χ1v) is 9.42. The van der Waals surface area contributed by atoms with Gasteiger partial charge in [-0.1, -0.05) is 23.7 Å². The quantitative estimate of drug-likeness (QED) is 0.489. The predicted molar refractivity (Wildman–Crippen MR) is 104 cm³/mol. The molecule has 0 amide bonds. The zero-order valence-electron chi connectivity index (χ0n) is 14.5. The van der Waals surface area contributed by atoms with Crippen molar-refractivity contribution in [2.45, 2.75) is 5.16 Å². The molecule has 0 spiro atoms. The summed E-state index contributed by atoms with van der Waals surface area (Å²) in [6, 6.07) is 9.62. The summed E-state index contributed by atoms with van der Waals surface area (Å²) in [5.74, 6) is 4.43. The lowest BCUT2D eigenvalue weighted by Crippen LogP contribution is -2.45. The second-order valence-electron chi connectivity index (χ2n) is 6.07. The van der Waals surface area contributed by atoms with Crippen LogP contribution in [0.4, 0.5) is 11.5 Å². The van der Waals surface area contributed by atoms with Gasteiger partial charge in [-0.25, -0.2) is 9.97 Å². The number of nitrogens with one attached hydrogen (secondary N) is 1. The summed E-state index contributed by atoms with van der Waals surface area (Å²) >= 11 is 1.70. The average Bonchev–Trinajstić information content (AvgIpc) is 2.64.